The van der Waals surface area contributed by atoms with Gasteiger partial charge in [-0.1, -0.05) is 39.0 Å². The highest BCUT2D eigenvalue weighted by Crippen LogP contribution is 2.25. The first kappa shape index (κ1) is 16.1. The molecule has 0 heterocycles. The number of nitrogens with zero attached hydrogens (tertiary/aromatic N) is 1. The molecule has 0 bridgehead atoms. The minimum absolute atomic E-state index is 0.0788. The maximum absolute atomic E-state index is 14.0. The number of hydrogen-bond acceptors (Lipinski definition) is 2. The Labute approximate surface area is 117 Å². The van der Waals surface area contributed by atoms with Gasteiger partial charge in [-0.25, -0.2) is 4.39 Å². The number of nitrogens with one attached hydrogen (secondary N) is 1. The van der Waals surface area contributed by atoms with Crippen LogP contribution in [0.25, 0.3) is 0 Å². The van der Waals surface area contributed by atoms with E-state index in [1.54, 1.807) is 12.1 Å². The Morgan fingerprint density at radius 1 is 1.26 bits per heavy atom. The fourth-order valence-electron chi connectivity index (χ4n) is 2.37. The zero-order chi connectivity index (χ0) is 14.3. The first-order valence-electron chi connectivity index (χ1n) is 7.26. The van der Waals surface area contributed by atoms with Gasteiger partial charge in [0, 0.05) is 18.2 Å². The average Bonchev–Trinajstić information content (AvgIpc) is 2.40. The third kappa shape index (κ3) is 4.92. The van der Waals surface area contributed by atoms with E-state index in [0.717, 1.165) is 31.6 Å². The van der Waals surface area contributed by atoms with Gasteiger partial charge in [-0.05, 0) is 38.5 Å². The molecular formula is C16H27FN2. The topological polar surface area (TPSA) is 15.3 Å². The molecular weight excluding hydrogens is 239 g/mol. The monoisotopic (exact) mass is 266 g/mol. The smallest absolute Gasteiger partial charge is 0.127 e. The van der Waals surface area contributed by atoms with Crippen LogP contribution < -0.4 is 5.32 Å². The summed E-state index contributed by atoms with van der Waals surface area (Å²) < 4.78 is 14.0. The Morgan fingerprint density at radius 3 is 2.53 bits per heavy atom. The molecule has 0 fully saturated rings. The van der Waals surface area contributed by atoms with Crippen molar-refractivity contribution >= 4 is 0 Å². The SMILES string of the molecule is CCCNC(c1ccccc1F)C(C)CN(C)CC. The second-order valence-corrected chi connectivity index (χ2v) is 5.29. The van der Waals surface area contributed by atoms with Crippen molar-refractivity contribution in [2.24, 2.45) is 5.92 Å². The van der Waals surface area contributed by atoms with Gasteiger partial charge in [0.05, 0.1) is 0 Å². The lowest BCUT2D eigenvalue weighted by Crippen LogP contribution is -2.35. The molecule has 1 rings (SSSR count). The predicted molar refractivity (Wildman–Crippen MR) is 79.8 cm³/mol. The quantitative estimate of drug-likeness (QED) is 0.775. The van der Waals surface area contributed by atoms with E-state index in [1.807, 2.05) is 12.1 Å². The van der Waals surface area contributed by atoms with Crippen LogP contribution >= 0.6 is 0 Å². The predicted octanol–water partition coefficient (Wildman–Crippen LogP) is 3.45. The van der Waals surface area contributed by atoms with Crippen LogP contribution in [0.1, 0.15) is 38.8 Å². The summed E-state index contributed by atoms with van der Waals surface area (Å²) in [5.41, 5.74) is 0.785. The minimum atomic E-state index is -0.109. The fraction of sp³-hybridized carbons (Fsp3) is 0.625. The van der Waals surface area contributed by atoms with Gasteiger partial charge in [-0.15, -0.1) is 0 Å². The first-order chi connectivity index (χ1) is 9.10. The molecule has 1 N–H and O–H groups in total. The molecule has 0 spiro atoms. The molecule has 1 aromatic rings. The summed E-state index contributed by atoms with van der Waals surface area (Å²) in [7, 11) is 2.11. The summed E-state index contributed by atoms with van der Waals surface area (Å²) in [6, 6.07) is 7.18. The molecule has 0 saturated carbocycles. The Balaban J connectivity index is 2.85. The van der Waals surface area contributed by atoms with Crippen LogP contribution in [0.3, 0.4) is 0 Å². The van der Waals surface area contributed by atoms with Gasteiger partial charge in [0.1, 0.15) is 5.82 Å². The minimum Gasteiger partial charge on any atom is -0.310 e. The van der Waals surface area contributed by atoms with E-state index in [1.165, 1.54) is 0 Å². The Bertz CT molecular complexity index is 368. The van der Waals surface area contributed by atoms with Gasteiger partial charge in [-0.3, -0.25) is 0 Å². The Kier molecular flexibility index (Phi) is 7.03. The van der Waals surface area contributed by atoms with Gasteiger partial charge >= 0.3 is 0 Å². The molecule has 0 amide bonds. The largest absolute Gasteiger partial charge is 0.310 e. The van der Waals surface area contributed by atoms with E-state index in [0.29, 0.717) is 5.92 Å². The summed E-state index contributed by atoms with van der Waals surface area (Å²) in [4.78, 5) is 2.27. The molecule has 2 unspecified atom stereocenters. The van der Waals surface area contributed by atoms with Crippen molar-refractivity contribution in [1.82, 2.24) is 10.2 Å². The highest BCUT2D eigenvalue weighted by atomic mass is 19.1. The fourth-order valence-corrected chi connectivity index (χ4v) is 2.37. The maximum atomic E-state index is 14.0. The average molecular weight is 266 g/mol. The van der Waals surface area contributed by atoms with Gasteiger partial charge < -0.3 is 10.2 Å². The molecule has 0 aliphatic carbocycles. The van der Waals surface area contributed by atoms with Crippen LogP contribution in [0.4, 0.5) is 4.39 Å². The van der Waals surface area contributed by atoms with Gasteiger partial charge in [-0.2, -0.15) is 0 Å². The molecule has 0 aliphatic rings. The van der Waals surface area contributed by atoms with Crippen molar-refractivity contribution in [1.29, 1.82) is 0 Å². The van der Waals surface area contributed by atoms with Crippen molar-refractivity contribution in [3.63, 3.8) is 0 Å². The number of halogens is 1. The normalized spacial score (nSPS) is 14.6. The van der Waals surface area contributed by atoms with E-state index < -0.39 is 0 Å². The van der Waals surface area contributed by atoms with Crippen LogP contribution in [0, 0.1) is 11.7 Å². The summed E-state index contributed by atoms with van der Waals surface area (Å²) in [5.74, 6) is 0.260. The van der Waals surface area contributed by atoms with Gasteiger partial charge in [0.2, 0.25) is 0 Å². The molecule has 3 heteroatoms. The maximum Gasteiger partial charge on any atom is 0.127 e. The van der Waals surface area contributed by atoms with Crippen LogP contribution in [-0.2, 0) is 0 Å². The molecule has 0 aliphatic heterocycles. The lowest BCUT2D eigenvalue weighted by molar-refractivity contribution is 0.253. The van der Waals surface area contributed by atoms with E-state index in [4.69, 9.17) is 0 Å². The zero-order valence-corrected chi connectivity index (χ0v) is 12.6. The van der Waals surface area contributed by atoms with Crippen molar-refractivity contribution < 1.29 is 4.39 Å². The van der Waals surface area contributed by atoms with E-state index >= 15 is 0 Å². The zero-order valence-electron chi connectivity index (χ0n) is 12.6. The summed E-state index contributed by atoms with van der Waals surface area (Å²) in [6.45, 7) is 9.36. The standard InChI is InChI=1S/C16H27FN2/c1-5-11-18-16(13(3)12-19(4)6-2)14-9-7-8-10-15(14)17/h7-10,13,16,18H,5-6,11-12H2,1-4H3. The Hall–Kier alpha value is -0.930. The number of rotatable bonds is 8. The van der Waals surface area contributed by atoms with E-state index in [-0.39, 0.29) is 11.9 Å². The van der Waals surface area contributed by atoms with Crippen molar-refractivity contribution in [2.75, 3.05) is 26.7 Å². The molecule has 0 saturated heterocycles. The lowest BCUT2D eigenvalue weighted by atomic mass is 9.93. The first-order valence-corrected chi connectivity index (χ1v) is 7.26. The van der Waals surface area contributed by atoms with Crippen molar-refractivity contribution in [2.45, 2.75) is 33.2 Å². The van der Waals surface area contributed by atoms with Gasteiger partial charge in [0.15, 0.2) is 0 Å². The molecule has 19 heavy (non-hydrogen) atoms. The van der Waals surface area contributed by atoms with Crippen molar-refractivity contribution in [3.05, 3.63) is 35.6 Å². The highest BCUT2D eigenvalue weighted by Gasteiger charge is 2.22. The Morgan fingerprint density at radius 2 is 1.95 bits per heavy atom. The summed E-state index contributed by atoms with van der Waals surface area (Å²) >= 11 is 0. The molecule has 0 radical (unpaired) electrons. The molecule has 1 aromatic carbocycles. The molecule has 0 aromatic heterocycles. The number of benzene rings is 1. The molecule has 2 atom stereocenters. The third-order valence-corrected chi connectivity index (χ3v) is 3.56. The van der Waals surface area contributed by atoms with Crippen LogP contribution in [0.2, 0.25) is 0 Å². The second-order valence-electron chi connectivity index (χ2n) is 5.29. The van der Waals surface area contributed by atoms with Crippen molar-refractivity contribution in [3.8, 4) is 0 Å². The second kappa shape index (κ2) is 8.28. The summed E-state index contributed by atoms with van der Waals surface area (Å²) in [5, 5.41) is 3.49. The van der Waals surface area contributed by atoms with Crippen LogP contribution in [-0.4, -0.2) is 31.6 Å². The summed E-state index contributed by atoms with van der Waals surface area (Å²) in [6.07, 6.45) is 1.06. The van der Waals surface area contributed by atoms with Crippen LogP contribution in [0.5, 0.6) is 0 Å². The number of hydrogen-bond donors (Lipinski definition) is 1. The van der Waals surface area contributed by atoms with E-state index in [9.17, 15) is 4.39 Å². The molecule has 2 nitrogen and oxygen atoms in total. The van der Waals surface area contributed by atoms with Crippen LogP contribution in [0.15, 0.2) is 24.3 Å². The van der Waals surface area contributed by atoms with Gasteiger partial charge in [0.25, 0.3) is 0 Å². The van der Waals surface area contributed by atoms with E-state index in [2.05, 4.69) is 38.0 Å². The highest BCUT2D eigenvalue weighted by molar-refractivity contribution is 5.22. The third-order valence-electron chi connectivity index (χ3n) is 3.56. The molecule has 108 valence electrons. The lowest BCUT2D eigenvalue weighted by Gasteiger charge is -2.29.